The van der Waals surface area contributed by atoms with Crippen LogP contribution in [0.4, 0.5) is 8.78 Å². The third-order valence-electron chi connectivity index (χ3n) is 7.39. The Labute approximate surface area is 248 Å². The molecule has 11 heteroatoms. The topological polar surface area (TPSA) is 85.2 Å². The lowest BCUT2D eigenvalue weighted by molar-refractivity contribution is -0.128. The maximum absolute atomic E-state index is 13.6. The van der Waals surface area contributed by atoms with Crippen LogP contribution < -0.4 is 15.4 Å². The van der Waals surface area contributed by atoms with Crippen molar-refractivity contribution < 1.29 is 23.1 Å². The van der Waals surface area contributed by atoms with E-state index in [9.17, 15) is 18.4 Å². The van der Waals surface area contributed by atoms with Gasteiger partial charge in [-0.3, -0.25) is 9.59 Å². The summed E-state index contributed by atoms with van der Waals surface area (Å²) < 4.78 is 34.9. The fourth-order valence-electron chi connectivity index (χ4n) is 4.87. The van der Waals surface area contributed by atoms with Gasteiger partial charge in [0.05, 0.1) is 28.2 Å². The minimum Gasteiger partial charge on any atom is -0.493 e. The normalized spacial score (nSPS) is 15.6. The largest absolute Gasteiger partial charge is 0.493 e. The lowest BCUT2D eigenvalue weighted by Gasteiger charge is -2.29. The molecule has 0 aliphatic heterocycles. The molecule has 0 atom stereocenters. The van der Waals surface area contributed by atoms with Gasteiger partial charge in [-0.25, -0.2) is 13.8 Å². The minimum atomic E-state index is -2.67. The smallest absolute Gasteiger partial charge is 0.255 e. The molecule has 1 fully saturated rings. The first-order chi connectivity index (χ1) is 19.2. The molecule has 3 aromatic rings. The summed E-state index contributed by atoms with van der Waals surface area (Å²) in [5.41, 5.74) is 2.50. The second-order valence-electron chi connectivity index (χ2n) is 11.6. The van der Waals surface area contributed by atoms with Crippen LogP contribution in [0.3, 0.4) is 0 Å². The molecule has 2 amide bonds. The molecular weight excluding hydrogens is 573 g/mol. The van der Waals surface area contributed by atoms with Crippen molar-refractivity contribution in [3.8, 4) is 5.75 Å². The number of fused-ring (bicyclic) bond motifs is 1. The Kier molecular flexibility index (Phi) is 9.19. The molecule has 222 valence electrons. The summed E-state index contributed by atoms with van der Waals surface area (Å²) in [5, 5.41) is 6.74. The Morgan fingerprint density at radius 2 is 1.85 bits per heavy atom. The van der Waals surface area contributed by atoms with Gasteiger partial charge in [-0.2, -0.15) is 0 Å². The zero-order chi connectivity index (χ0) is 30.1. The molecule has 0 radical (unpaired) electrons. The van der Waals surface area contributed by atoms with Gasteiger partial charge in [-0.15, -0.1) is 0 Å². The molecular formula is C30H36Cl2F2N4O3. The van der Waals surface area contributed by atoms with E-state index in [0.717, 1.165) is 11.1 Å². The van der Waals surface area contributed by atoms with E-state index >= 15 is 0 Å². The van der Waals surface area contributed by atoms with Gasteiger partial charge in [0, 0.05) is 55.4 Å². The number of hydrogen-bond donors (Lipinski definition) is 2. The zero-order valence-electron chi connectivity index (χ0n) is 24.0. The number of carbonyl (C=O) groups excluding carboxylic acids is 2. The van der Waals surface area contributed by atoms with E-state index in [-0.39, 0.29) is 50.1 Å². The van der Waals surface area contributed by atoms with Crippen LogP contribution in [0, 0.1) is 5.41 Å². The number of ether oxygens (including phenoxy) is 1. The highest BCUT2D eigenvalue weighted by atomic mass is 35.5. The van der Waals surface area contributed by atoms with Gasteiger partial charge in [-0.05, 0) is 43.0 Å². The van der Waals surface area contributed by atoms with E-state index in [2.05, 4.69) is 10.6 Å². The average molecular weight is 610 g/mol. The SMILES string of the molecule is CCOc1cc2c(cc1C(=O)NC1CCC(F)(F)CC1)nc(Cc1c(Cl)ccc(CNC(=O)C(C)(C)C)c1Cl)n2C. The fraction of sp³-hybridized carbons (Fsp3) is 0.500. The predicted molar refractivity (Wildman–Crippen MR) is 157 cm³/mol. The molecule has 2 N–H and O–H groups in total. The standard InChI is InChI=1S/C30H36Cl2F2N4O3/c1-6-41-24-15-23-22(13-20(24)27(39)36-18-9-11-30(33,34)12-10-18)37-25(38(23)5)14-19-21(31)8-7-17(26(19)32)16-35-28(40)29(2,3)4/h7-8,13,15,18H,6,9-12,14,16H2,1-5H3,(H,35,40)(H,36,39). The van der Waals surface area contributed by atoms with Crippen LogP contribution in [0.15, 0.2) is 24.3 Å². The van der Waals surface area contributed by atoms with Crippen LogP contribution in [0.25, 0.3) is 11.0 Å². The van der Waals surface area contributed by atoms with Gasteiger partial charge in [0.25, 0.3) is 5.91 Å². The first kappa shape index (κ1) is 31.0. The van der Waals surface area contributed by atoms with Crippen molar-refractivity contribution in [2.24, 2.45) is 12.5 Å². The van der Waals surface area contributed by atoms with E-state index in [0.29, 0.717) is 51.3 Å². The van der Waals surface area contributed by atoms with Crippen molar-refractivity contribution in [3.63, 3.8) is 0 Å². The third kappa shape index (κ3) is 7.12. The van der Waals surface area contributed by atoms with Crippen LogP contribution >= 0.6 is 23.2 Å². The van der Waals surface area contributed by atoms with Gasteiger partial charge in [0.15, 0.2) is 0 Å². The van der Waals surface area contributed by atoms with Crippen molar-refractivity contribution >= 4 is 46.0 Å². The predicted octanol–water partition coefficient (Wildman–Crippen LogP) is 6.84. The number of nitrogens with one attached hydrogen (secondary N) is 2. The fourth-order valence-corrected chi connectivity index (χ4v) is 5.44. The van der Waals surface area contributed by atoms with Crippen LogP contribution in [0.1, 0.15) is 80.7 Å². The summed E-state index contributed by atoms with van der Waals surface area (Å²) >= 11 is 13.3. The molecule has 7 nitrogen and oxygen atoms in total. The van der Waals surface area contributed by atoms with Crippen LogP contribution in [-0.4, -0.2) is 39.9 Å². The maximum Gasteiger partial charge on any atom is 0.255 e. The number of imidazole rings is 1. The Balaban J connectivity index is 1.61. The first-order valence-corrected chi connectivity index (χ1v) is 14.5. The Morgan fingerprint density at radius 3 is 2.49 bits per heavy atom. The summed E-state index contributed by atoms with van der Waals surface area (Å²) in [4.78, 5) is 30.4. The van der Waals surface area contributed by atoms with E-state index in [1.807, 2.05) is 39.3 Å². The van der Waals surface area contributed by atoms with Gasteiger partial charge in [0.2, 0.25) is 11.8 Å². The number of hydrogen-bond acceptors (Lipinski definition) is 4. The zero-order valence-corrected chi connectivity index (χ0v) is 25.5. The molecule has 2 aromatic carbocycles. The molecule has 1 aromatic heterocycles. The first-order valence-electron chi connectivity index (χ1n) is 13.7. The number of nitrogens with zero attached hydrogens (tertiary/aromatic N) is 2. The molecule has 0 bridgehead atoms. The van der Waals surface area contributed by atoms with E-state index in [4.69, 9.17) is 32.9 Å². The lowest BCUT2D eigenvalue weighted by atomic mass is 9.92. The number of rotatable bonds is 8. The number of alkyl halides is 2. The Hall–Kier alpha value is -2.91. The molecule has 1 aliphatic rings. The monoisotopic (exact) mass is 608 g/mol. The molecule has 0 unspecified atom stereocenters. The second-order valence-corrected chi connectivity index (χ2v) is 12.4. The van der Waals surface area contributed by atoms with Crippen molar-refractivity contribution in [1.29, 1.82) is 0 Å². The van der Waals surface area contributed by atoms with Gasteiger partial charge >= 0.3 is 0 Å². The number of amides is 2. The number of benzene rings is 2. The van der Waals surface area contributed by atoms with Crippen molar-refractivity contribution in [2.75, 3.05) is 6.61 Å². The lowest BCUT2D eigenvalue weighted by Crippen LogP contribution is -2.40. The van der Waals surface area contributed by atoms with Crippen LogP contribution in [0.2, 0.25) is 10.0 Å². The summed E-state index contributed by atoms with van der Waals surface area (Å²) in [5.74, 6) is -2.09. The highest BCUT2D eigenvalue weighted by Crippen LogP contribution is 2.35. The number of carbonyl (C=O) groups is 2. The van der Waals surface area contributed by atoms with E-state index in [1.54, 1.807) is 24.3 Å². The summed E-state index contributed by atoms with van der Waals surface area (Å²) in [6, 6.07) is 6.65. The highest BCUT2D eigenvalue weighted by Gasteiger charge is 2.35. The quantitative estimate of drug-likeness (QED) is 0.293. The summed E-state index contributed by atoms with van der Waals surface area (Å²) in [6.07, 6.45) is 0.270. The second kappa shape index (κ2) is 12.1. The number of halogens is 4. The molecule has 4 rings (SSSR count). The van der Waals surface area contributed by atoms with Crippen molar-refractivity contribution in [2.45, 2.75) is 78.3 Å². The van der Waals surface area contributed by atoms with Gasteiger partial charge < -0.3 is 19.9 Å². The molecule has 41 heavy (non-hydrogen) atoms. The number of aromatic nitrogens is 2. The summed E-state index contributed by atoms with van der Waals surface area (Å²) in [6.45, 7) is 7.95. The Morgan fingerprint density at radius 1 is 1.17 bits per heavy atom. The third-order valence-corrected chi connectivity index (χ3v) is 8.22. The van der Waals surface area contributed by atoms with Gasteiger partial charge in [-0.1, -0.05) is 50.0 Å². The van der Waals surface area contributed by atoms with Gasteiger partial charge in [0.1, 0.15) is 11.6 Å². The Bertz CT molecular complexity index is 1460. The van der Waals surface area contributed by atoms with Crippen molar-refractivity contribution in [3.05, 3.63) is 56.8 Å². The molecule has 1 saturated carbocycles. The average Bonchev–Trinajstić information content (AvgIpc) is 3.20. The molecule has 1 heterocycles. The molecule has 1 aliphatic carbocycles. The minimum absolute atomic E-state index is 0.0909. The number of aryl methyl sites for hydroxylation is 1. The highest BCUT2D eigenvalue weighted by molar-refractivity contribution is 6.36. The van der Waals surface area contributed by atoms with Crippen LogP contribution in [0.5, 0.6) is 5.75 Å². The molecule has 0 spiro atoms. The van der Waals surface area contributed by atoms with E-state index in [1.165, 1.54) is 0 Å². The summed E-state index contributed by atoms with van der Waals surface area (Å²) in [7, 11) is 1.86. The molecule has 0 saturated heterocycles. The van der Waals surface area contributed by atoms with Crippen molar-refractivity contribution in [1.82, 2.24) is 20.2 Å². The van der Waals surface area contributed by atoms with E-state index < -0.39 is 11.3 Å². The van der Waals surface area contributed by atoms with Crippen LogP contribution in [-0.2, 0) is 24.8 Å². The maximum atomic E-state index is 13.6.